The Morgan fingerprint density at radius 2 is 2.09 bits per heavy atom. The zero-order chi connectivity index (χ0) is 9.11. The van der Waals surface area contributed by atoms with Crippen molar-refractivity contribution in [2.45, 2.75) is 27.2 Å². The zero-order valence-electron chi connectivity index (χ0n) is 7.59. The van der Waals surface area contributed by atoms with E-state index in [1.807, 2.05) is 12.2 Å². The summed E-state index contributed by atoms with van der Waals surface area (Å²) in [7, 11) is 0. The lowest BCUT2D eigenvalue weighted by Gasteiger charge is -1.86. The third kappa shape index (κ3) is 17.7. The number of nitrogens with two attached hydrogens (primary N) is 1. The molecular formula is C10H17N. The summed E-state index contributed by atoms with van der Waals surface area (Å²) in [5.74, 6) is 2.25. The van der Waals surface area contributed by atoms with Crippen molar-refractivity contribution in [2.75, 3.05) is 0 Å². The zero-order valence-corrected chi connectivity index (χ0v) is 7.59. The minimum Gasteiger partial charge on any atom is -0.405 e. The SMILES string of the molecule is C#CC.CC/C(C)=C\C=C/N. The predicted octanol–water partition coefficient (Wildman–Crippen LogP) is 2.45. The molecule has 0 rings (SSSR count). The highest BCUT2D eigenvalue weighted by Gasteiger charge is 1.75. The molecule has 0 spiro atoms. The predicted molar refractivity (Wildman–Crippen MR) is 51.9 cm³/mol. The van der Waals surface area contributed by atoms with E-state index in [9.17, 15) is 0 Å². The van der Waals surface area contributed by atoms with Crippen LogP contribution in [0.5, 0.6) is 0 Å². The topological polar surface area (TPSA) is 26.0 Å². The van der Waals surface area contributed by atoms with Gasteiger partial charge in [0.05, 0.1) is 0 Å². The standard InChI is InChI=1S/C7H13N.C3H4/c1-3-7(2)5-4-6-8;1-3-2/h4-6H,3,8H2,1-2H3;1H,2H3/b6-4-,7-5-;. The molecule has 62 valence electrons. The van der Waals surface area contributed by atoms with E-state index in [0.29, 0.717) is 0 Å². The van der Waals surface area contributed by atoms with Gasteiger partial charge in [-0.15, -0.1) is 12.3 Å². The van der Waals surface area contributed by atoms with Crippen LogP contribution in [0.2, 0.25) is 0 Å². The number of hydrogen-bond acceptors (Lipinski definition) is 1. The molecule has 0 radical (unpaired) electrons. The summed E-state index contributed by atoms with van der Waals surface area (Å²) in [6.45, 7) is 5.86. The van der Waals surface area contributed by atoms with Crippen LogP contribution >= 0.6 is 0 Å². The Kier molecular flexibility index (Phi) is 13.2. The highest BCUT2D eigenvalue weighted by atomic mass is 14.5. The molecule has 1 nitrogen and oxygen atoms in total. The molecule has 2 N–H and O–H groups in total. The Balaban J connectivity index is 0. The number of allylic oxidation sites excluding steroid dienone is 3. The molecule has 0 saturated carbocycles. The smallest absolute Gasteiger partial charge is 0.00297 e. The first-order valence-electron chi connectivity index (χ1n) is 3.64. The summed E-state index contributed by atoms with van der Waals surface area (Å²) in [6, 6.07) is 0. The largest absolute Gasteiger partial charge is 0.405 e. The first-order valence-corrected chi connectivity index (χ1v) is 3.64. The molecule has 0 aliphatic rings. The van der Waals surface area contributed by atoms with Crippen molar-refractivity contribution in [3.05, 3.63) is 23.9 Å². The summed E-state index contributed by atoms with van der Waals surface area (Å²) in [5.41, 5.74) is 6.46. The van der Waals surface area contributed by atoms with Gasteiger partial charge in [0.15, 0.2) is 0 Å². The summed E-state index contributed by atoms with van der Waals surface area (Å²) in [4.78, 5) is 0. The van der Waals surface area contributed by atoms with Crippen LogP contribution in [0.25, 0.3) is 0 Å². The van der Waals surface area contributed by atoms with E-state index >= 15 is 0 Å². The minimum absolute atomic E-state index is 1.10. The van der Waals surface area contributed by atoms with Crippen molar-refractivity contribution in [1.82, 2.24) is 0 Å². The van der Waals surface area contributed by atoms with E-state index in [-0.39, 0.29) is 0 Å². The van der Waals surface area contributed by atoms with Gasteiger partial charge in [-0.05, 0) is 32.5 Å². The lowest BCUT2D eigenvalue weighted by Crippen LogP contribution is -1.74. The van der Waals surface area contributed by atoms with Crippen molar-refractivity contribution >= 4 is 0 Å². The number of terminal acetylenes is 1. The maximum Gasteiger partial charge on any atom is -0.00297 e. The van der Waals surface area contributed by atoms with Crippen LogP contribution in [-0.2, 0) is 0 Å². The van der Waals surface area contributed by atoms with Crippen LogP contribution in [0.15, 0.2) is 23.9 Å². The minimum atomic E-state index is 1.10. The van der Waals surface area contributed by atoms with Crippen LogP contribution in [0.3, 0.4) is 0 Å². The molecule has 0 aliphatic heterocycles. The Bertz CT molecular complexity index is 158. The number of rotatable bonds is 2. The van der Waals surface area contributed by atoms with E-state index in [0.717, 1.165) is 6.42 Å². The van der Waals surface area contributed by atoms with Gasteiger partial charge in [-0.25, -0.2) is 0 Å². The second-order valence-corrected chi connectivity index (χ2v) is 2.04. The van der Waals surface area contributed by atoms with E-state index in [1.54, 1.807) is 13.1 Å². The molecule has 1 heteroatoms. The third-order valence-corrected chi connectivity index (χ3v) is 1.05. The molecular weight excluding hydrogens is 134 g/mol. The average molecular weight is 151 g/mol. The van der Waals surface area contributed by atoms with Gasteiger partial charge in [0.1, 0.15) is 0 Å². The molecule has 11 heavy (non-hydrogen) atoms. The second-order valence-electron chi connectivity index (χ2n) is 2.04. The van der Waals surface area contributed by atoms with Crippen LogP contribution < -0.4 is 5.73 Å². The van der Waals surface area contributed by atoms with E-state index in [2.05, 4.69) is 26.2 Å². The van der Waals surface area contributed by atoms with Crippen molar-refractivity contribution < 1.29 is 0 Å². The summed E-state index contributed by atoms with van der Waals surface area (Å²) >= 11 is 0. The molecule has 0 heterocycles. The van der Waals surface area contributed by atoms with Crippen molar-refractivity contribution in [3.8, 4) is 12.3 Å². The van der Waals surface area contributed by atoms with Crippen molar-refractivity contribution in [1.29, 1.82) is 0 Å². The second kappa shape index (κ2) is 11.6. The monoisotopic (exact) mass is 151 g/mol. The quantitative estimate of drug-likeness (QED) is 0.476. The number of hydrogen-bond donors (Lipinski definition) is 1. The Morgan fingerprint density at radius 1 is 1.64 bits per heavy atom. The first kappa shape index (κ1) is 12.5. The Hall–Kier alpha value is -1.16. The van der Waals surface area contributed by atoms with Gasteiger partial charge in [-0.1, -0.05) is 18.6 Å². The Labute approximate surface area is 70.0 Å². The van der Waals surface area contributed by atoms with Crippen LogP contribution in [0.4, 0.5) is 0 Å². The fourth-order valence-electron chi connectivity index (χ4n) is 0.338. The lowest BCUT2D eigenvalue weighted by atomic mass is 10.2. The molecule has 0 aromatic heterocycles. The average Bonchev–Trinajstić information content (AvgIpc) is 2.02. The molecule has 0 bridgehead atoms. The normalized spacial score (nSPS) is 10.2. The van der Waals surface area contributed by atoms with Gasteiger partial charge in [-0.2, -0.15) is 0 Å². The van der Waals surface area contributed by atoms with Crippen molar-refractivity contribution in [3.63, 3.8) is 0 Å². The fraction of sp³-hybridized carbons (Fsp3) is 0.400. The summed E-state index contributed by atoms with van der Waals surface area (Å²) in [5, 5.41) is 0. The maximum absolute atomic E-state index is 5.11. The maximum atomic E-state index is 5.11. The van der Waals surface area contributed by atoms with Gasteiger partial charge < -0.3 is 5.73 Å². The Morgan fingerprint density at radius 3 is 2.36 bits per heavy atom. The van der Waals surface area contributed by atoms with E-state index in [4.69, 9.17) is 5.73 Å². The highest BCUT2D eigenvalue weighted by Crippen LogP contribution is 1.96. The van der Waals surface area contributed by atoms with Gasteiger partial charge in [-0.3, -0.25) is 0 Å². The molecule has 0 saturated heterocycles. The summed E-state index contributed by atoms with van der Waals surface area (Å²) < 4.78 is 0. The molecule has 0 amide bonds. The van der Waals surface area contributed by atoms with Gasteiger partial charge in [0.2, 0.25) is 0 Å². The lowest BCUT2D eigenvalue weighted by molar-refractivity contribution is 1.10. The fourth-order valence-corrected chi connectivity index (χ4v) is 0.338. The molecule has 0 aromatic rings. The van der Waals surface area contributed by atoms with Crippen LogP contribution in [-0.4, -0.2) is 0 Å². The van der Waals surface area contributed by atoms with Gasteiger partial charge in [0.25, 0.3) is 0 Å². The van der Waals surface area contributed by atoms with E-state index in [1.165, 1.54) is 5.57 Å². The molecule has 0 atom stereocenters. The van der Waals surface area contributed by atoms with Gasteiger partial charge >= 0.3 is 0 Å². The first-order chi connectivity index (χ1) is 5.22. The molecule has 0 aromatic carbocycles. The van der Waals surface area contributed by atoms with Gasteiger partial charge in [0, 0.05) is 0 Å². The van der Waals surface area contributed by atoms with Crippen LogP contribution in [0, 0.1) is 12.3 Å². The van der Waals surface area contributed by atoms with E-state index < -0.39 is 0 Å². The highest BCUT2D eigenvalue weighted by molar-refractivity contribution is 5.08. The third-order valence-electron chi connectivity index (χ3n) is 1.05. The summed E-state index contributed by atoms with van der Waals surface area (Å²) in [6.07, 6.45) is 11.1. The molecule has 0 aliphatic carbocycles. The molecule has 0 unspecified atom stereocenters. The van der Waals surface area contributed by atoms with Crippen molar-refractivity contribution in [2.24, 2.45) is 5.73 Å². The molecule has 0 fully saturated rings. The van der Waals surface area contributed by atoms with Crippen LogP contribution in [0.1, 0.15) is 27.2 Å².